The molecule has 0 radical (unpaired) electrons. The van der Waals surface area contributed by atoms with Crippen LogP contribution in [0.1, 0.15) is 61.4 Å². The lowest BCUT2D eigenvalue weighted by Crippen LogP contribution is -2.25. The standard InChI is InChI=1S/C23H28N6O/c1-14-3-7-17(8-4-14)27-21-20-22(25-12-24-21)29(13-26-20)19-11-16(6-5-15(19)2)23(30)28-18-9-10-18/h5-6,11-14,17-18H,3-4,7-10H2,1-2H3,(H,28,30)(H,24,25,27). The number of nitrogens with zero attached hydrogens (tertiary/aromatic N) is 4. The fraction of sp³-hybridized carbons (Fsp3) is 0.478. The topological polar surface area (TPSA) is 84.7 Å². The summed E-state index contributed by atoms with van der Waals surface area (Å²) in [7, 11) is 0. The molecule has 2 heterocycles. The minimum Gasteiger partial charge on any atom is -0.365 e. The molecular weight excluding hydrogens is 376 g/mol. The molecule has 0 atom stereocenters. The van der Waals surface area contributed by atoms with Gasteiger partial charge in [0, 0.05) is 17.6 Å². The molecule has 2 aliphatic carbocycles. The lowest BCUT2D eigenvalue weighted by Gasteiger charge is -2.27. The van der Waals surface area contributed by atoms with E-state index in [-0.39, 0.29) is 5.91 Å². The molecule has 1 amide bonds. The van der Waals surface area contributed by atoms with E-state index in [1.54, 1.807) is 12.7 Å². The number of aryl methyl sites for hydroxylation is 1. The second-order valence-electron chi connectivity index (χ2n) is 8.86. The molecule has 0 saturated heterocycles. The summed E-state index contributed by atoms with van der Waals surface area (Å²) >= 11 is 0. The highest BCUT2D eigenvalue weighted by Crippen LogP contribution is 2.29. The highest BCUT2D eigenvalue weighted by atomic mass is 16.1. The molecule has 0 aliphatic heterocycles. The molecule has 0 spiro atoms. The van der Waals surface area contributed by atoms with Crippen molar-refractivity contribution in [1.82, 2.24) is 24.8 Å². The molecule has 2 aromatic heterocycles. The molecular formula is C23H28N6O. The molecule has 30 heavy (non-hydrogen) atoms. The number of benzene rings is 1. The van der Waals surface area contributed by atoms with Crippen LogP contribution in [0.5, 0.6) is 0 Å². The zero-order valence-electron chi connectivity index (χ0n) is 17.6. The van der Waals surface area contributed by atoms with Crippen molar-refractivity contribution in [3.63, 3.8) is 0 Å². The predicted octanol–water partition coefficient (Wildman–Crippen LogP) is 4.01. The third-order valence-corrected chi connectivity index (χ3v) is 6.33. The van der Waals surface area contributed by atoms with Crippen LogP contribution in [0.4, 0.5) is 5.82 Å². The summed E-state index contributed by atoms with van der Waals surface area (Å²) in [4.78, 5) is 26.1. The van der Waals surface area contributed by atoms with Gasteiger partial charge in [0.15, 0.2) is 17.0 Å². The third-order valence-electron chi connectivity index (χ3n) is 6.33. The molecule has 1 aromatic carbocycles. The second-order valence-corrected chi connectivity index (χ2v) is 8.86. The summed E-state index contributed by atoms with van der Waals surface area (Å²) in [6, 6.07) is 6.54. The normalized spacial score (nSPS) is 21.5. The van der Waals surface area contributed by atoms with E-state index in [4.69, 9.17) is 0 Å². The zero-order valence-corrected chi connectivity index (χ0v) is 17.6. The van der Waals surface area contributed by atoms with Crippen molar-refractivity contribution in [3.8, 4) is 5.69 Å². The highest BCUT2D eigenvalue weighted by molar-refractivity contribution is 5.95. The molecule has 7 heteroatoms. The predicted molar refractivity (Wildman–Crippen MR) is 117 cm³/mol. The molecule has 0 bridgehead atoms. The molecule has 2 fully saturated rings. The van der Waals surface area contributed by atoms with Crippen LogP contribution in [0, 0.1) is 12.8 Å². The van der Waals surface area contributed by atoms with Gasteiger partial charge in [0.25, 0.3) is 5.91 Å². The first-order valence-electron chi connectivity index (χ1n) is 10.9. The van der Waals surface area contributed by atoms with Crippen molar-refractivity contribution in [1.29, 1.82) is 0 Å². The average Bonchev–Trinajstić information content (AvgIpc) is 3.45. The van der Waals surface area contributed by atoms with E-state index >= 15 is 0 Å². The maximum absolute atomic E-state index is 12.5. The minimum absolute atomic E-state index is 0.0216. The van der Waals surface area contributed by atoms with Crippen LogP contribution in [0.15, 0.2) is 30.9 Å². The van der Waals surface area contributed by atoms with Gasteiger partial charge in [0.2, 0.25) is 0 Å². The van der Waals surface area contributed by atoms with Crippen LogP contribution < -0.4 is 10.6 Å². The van der Waals surface area contributed by atoms with E-state index in [2.05, 4.69) is 32.5 Å². The zero-order chi connectivity index (χ0) is 20.7. The Bertz CT molecular complexity index is 1080. The third kappa shape index (κ3) is 3.76. The Hall–Kier alpha value is -2.96. The van der Waals surface area contributed by atoms with Crippen molar-refractivity contribution in [2.24, 2.45) is 5.92 Å². The summed E-state index contributed by atoms with van der Waals surface area (Å²) in [5.74, 6) is 1.57. The molecule has 0 unspecified atom stereocenters. The average molecular weight is 405 g/mol. The van der Waals surface area contributed by atoms with Crippen LogP contribution >= 0.6 is 0 Å². The van der Waals surface area contributed by atoms with Gasteiger partial charge in [-0.25, -0.2) is 15.0 Å². The minimum atomic E-state index is -0.0216. The molecule has 2 saturated carbocycles. The van der Waals surface area contributed by atoms with E-state index in [0.717, 1.165) is 59.8 Å². The summed E-state index contributed by atoms with van der Waals surface area (Å²) in [6.07, 6.45) is 10.3. The number of imidazole rings is 1. The maximum Gasteiger partial charge on any atom is 0.251 e. The molecule has 7 nitrogen and oxygen atoms in total. The largest absolute Gasteiger partial charge is 0.365 e. The number of hydrogen-bond donors (Lipinski definition) is 2. The van der Waals surface area contributed by atoms with Crippen LogP contribution in [0.2, 0.25) is 0 Å². The van der Waals surface area contributed by atoms with E-state index in [1.165, 1.54) is 12.8 Å². The quantitative estimate of drug-likeness (QED) is 0.671. The van der Waals surface area contributed by atoms with Crippen molar-refractivity contribution < 1.29 is 4.79 Å². The number of carbonyl (C=O) groups is 1. The Kier molecular flexibility index (Phi) is 4.89. The molecule has 5 rings (SSSR count). The van der Waals surface area contributed by atoms with Gasteiger partial charge in [-0.2, -0.15) is 0 Å². The van der Waals surface area contributed by atoms with Crippen LogP contribution in [-0.2, 0) is 0 Å². The maximum atomic E-state index is 12.5. The van der Waals surface area contributed by atoms with Gasteiger partial charge in [-0.3, -0.25) is 9.36 Å². The summed E-state index contributed by atoms with van der Waals surface area (Å²) < 4.78 is 1.95. The summed E-state index contributed by atoms with van der Waals surface area (Å²) in [5, 5.41) is 6.65. The van der Waals surface area contributed by atoms with Gasteiger partial charge in [-0.1, -0.05) is 13.0 Å². The van der Waals surface area contributed by atoms with Crippen LogP contribution in [0.25, 0.3) is 16.9 Å². The van der Waals surface area contributed by atoms with Crippen molar-refractivity contribution in [2.45, 2.75) is 64.5 Å². The van der Waals surface area contributed by atoms with Crippen LogP contribution in [0.3, 0.4) is 0 Å². The van der Waals surface area contributed by atoms with E-state index in [0.29, 0.717) is 17.6 Å². The number of amides is 1. The second kappa shape index (κ2) is 7.70. The van der Waals surface area contributed by atoms with Gasteiger partial charge in [0.1, 0.15) is 12.7 Å². The smallest absolute Gasteiger partial charge is 0.251 e. The summed E-state index contributed by atoms with van der Waals surface area (Å²) in [6.45, 7) is 4.36. The van der Waals surface area contributed by atoms with Crippen molar-refractivity contribution in [2.75, 3.05) is 5.32 Å². The number of aromatic nitrogens is 4. The molecule has 2 aliphatic rings. The number of anilines is 1. The summed E-state index contributed by atoms with van der Waals surface area (Å²) in [5.41, 5.74) is 4.15. The fourth-order valence-electron chi connectivity index (χ4n) is 4.22. The first kappa shape index (κ1) is 19.0. The molecule has 156 valence electrons. The number of hydrogen-bond acceptors (Lipinski definition) is 5. The Morgan fingerprint density at radius 1 is 1.03 bits per heavy atom. The number of carbonyl (C=O) groups excluding carboxylic acids is 1. The van der Waals surface area contributed by atoms with Gasteiger partial charge in [0.05, 0.1) is 5.69 Å². The SMILES string of the molecule is Cc1ccc(C(=O)NC2CC2)cc1-n1cnc2c(NC3CCC(C)CC3)ncnc21. The van der Waals surface area contributed by atoms with E-state index in [9.17, 15) is 4.79 Å². The number of fused-ring (bicyclic) bond motifs is 1. The van der Waals surface area contributed by atoms with E-state index in [1.807, 2.05) is 29.7 Å². The van der Waals surface area contributed by atoms with Crippen LogP contribution in [-0.4, -0.2) is 37.5 Å². The lowest BCUT2D eigenvalue weighted by atomic mass is 9.87. The van der Waals surface area contributed by atoms with Crippen molar-refractivity contribution >= 4 is 22.9 Å². The highest BCUT2D eigenvalue weighted by Gasteiger charge is 2.24. The number of nitrogens with one attached hydrogen (secondary N) is 2. The monoisotopic (exact) mass is 404 g/mol. The molecule has 3 aromatic rings. The first-order valence-corrected chi connectivity index (χ1v) is 10.9. The Balaban J connectivity index is 1.46. The Labute approximate surface area is 176 Å². The Morgan fingerprint density at radius 3 is 2.57 bits per heavy atom. The van der Waals surface area contributed by atoms with E-state index < -0.39 is 0 Å². The number of rotatable bonds is 5. The Morgan fingerprint density at radius 2 is 1.80 bits per heavy atom. The van der Waals surface area contributed by atoms with Gasteiger partial charge in [-0.05, 0) is 69.1 Å². The van der Waals surface area contributed by atoms with Gasteiger partial charge in [-0.15, -0.1) is 0 Å². The fourth-order valence-corrected chi connectivity index (χ4v) is 4.22. The lowest BCUT2D eigenvalue weighted by molar-refractivity contribution is 0.0951. The van der Waals surface area contributed by atoms with Crippen molar-refractivity contribution in [3.05, 3.63) is 42.0 Å². The van der Waals surface area contributed by atoms with Gasteiger partial charge < -0.3 is 10.6 Å². The van der Waals surface area contributed by atoms with Gasteiger partial charge >= 0.3 is 0 Å². The first-order chi connectivity index (χ1) is 14.6. The molecule has 2 N–H and O–H groups in total.